The van der Waals surface area contributed by atoms with Crippen LogP contribution in [-0.4, -0.2) is 6.10 Å². The molecule has 1 aromatic heterocycles. The zero-order valence-electron chi connectivity index (χ0n) is 12.6. The van der Waals surface area contributed by atoms with Gasteiger partial charge in [-0.25, -0.2) is 0 Å². The molecule has 0 spiro atoms. The van der Waals surface area contributed by atoms with Crippen molar-refractivity contribution in [2.24, 2.45) is 0 Å². The highest BCUT2D eigenvalue weighted by molar-refractivity contribution is 7.10. The molecule has 4 heteroatoms. The second-order valence-electron chi connectivity index (χ2n) is 5.26. The first-order valence-electron chi connectivity index (χ1n) is 7.06. The normalized spacial score (nSPS) is 12.1. The zero-order chi connectivity index (χ0) is 15.2. The minimum atomic E-state index is 0.180. The first-order chi connectivity index (χ1) is 10.1. The first-order valence-corrected chi connectivity index (χ1v) is 7.94. The Morgan fingerprint density at radius 1 is 1.29 bits per heavy atom. The maximum Gasteiger partial charge on any atom is 0.120 e. The largest absolute Gasteiger partial charge is 0.491 e. The van der Waals surface area contributed by atoms with Crippen molar-refractivity contribution >= 4 is 11.3 Å². The third-order valence-corrected chi connectivity index (χ3v) is 4.03. The Morgan fingerprint density at radius 2 is 2.10 bits per heavy atom. The van der Waals surface area contributed by atoms with Gasteiger partial charge in [0.15, 0.2) is 0 Å². The summed E-state index contributed by atoms with van der Waals surface area (Å²) in [6, 6.07) is 12.5. The van der Waals surface area contributed by atoms with E-state index in [4.69, 9.17) is 10.00 Å². The first kappa shape index (κ1) is 15.6. The molecular formula is C17H20N2OS. The molecule has 1 unspecified atom stereocenters. The van der Waals surface area contributed by atoms with Crippen LogP contribution in [0.3, 0.4) is 0 Å². The van der Waals surface area contributed by atoms with Gasteiger partial charge < -0.3 is 10.1 Å². The van der Waals surface area contributed by atoms with E-state index in [0.29, 0.717) is 0 Å². The van der Waals surface area contributed by atoms with Crippen molar-refractivity contribution < 1.29 is 4.74 Å². The fourth-order valence-corrected chi connectivity index (χ4v) is 2.79. The Hall–Kier alpha value is -1.83. The fourth-order valence-electron chi connectivity index (χ4n) is 2.03. The minimum Gasteiger partial charge on any atom is -0.491 e. The van der Waals surface area contributed by atoms with Gasteiger partial charge in [0.25, 0.3) is 0 Å². The van der Waals surface area contributed by atoms with Gasteiger partial charge in [0.05, 0.1) is 11.7 Å². The van der Waals surface area contributed by atoms with Crippen molar-refractivity contribution in [2.45, 2.75) is 39.5 Å². The van der Waals surface area contributed by atoms with Gasteiger partial charge in [0.2, 0.25) is 0 Å². The Balaban J connectivity index is 1.96. The van der Waals surface area contributed by atoms with E-state index in [1.54, 1.807) is 11.3 Å². The highest BCUT2D eigenvalue weighted by Crippen LogP contribution is 2.21. The number of nitrogens with zero attached hydrogens (tertiary/aromatic N) is 1. The molecule has 21 heavy (non-hydrogen) atoms. The predicted molar refractivity (Wildman–Crippen MR) is 86.5 cm³/mol. The Morgan fingerprint density at radius 3 is 2.76 bits per heavy atom. The zero-order valence-corrected chi connectivity index (χ0v) is 13.4. The van der Waals surface area contributed by atoms with Crippen molar-refractivity contribution in [1.82, 2.24) is 5.32 Å². The summed E-state index contributed by atoms with van der Waals surface area (Å²) in [6.45, 7) is 6.95. The molecule has 0 aliphatic heterocycles. The van der Waals surface area contributed by atoms with Gasteiger partial charge in [-0.15, -0.1) is 11.3 Å². The topological polar surface area (TPSA) is 45.0 Å². The van der Waals surface area contributed by atoms with Crippen LogP contribution in [0.2, 0.25) is 0 Å². The molecule has 1 atom stereocenters. The maximum absolute atomic E-state index is 8.83. The summed E-state index contributed by atoms with van der Waals surface area (Å²) in [5.41, 5.74) is 1.93. The minimum absolute atomic E-state index is 0.180. The number of nitriles is 1. The van der Waals surface area contributed by atoms with E-state index < -0.39 is 0 Å². The molecule has 0 fully saturated rings. The third kappa shape index (κ3) is 4.59. The lowest BCUT2D eigenvalue weighted by Gasteiger charge is -2.16. The van der Waals surface area contributed by atoms with Gasteiger partial charge in [-0.1, -0.05) is 12.1 Å². The van der Waals surface area contributed by atoms with Crippen LogP contribution >= 0.6 is 11.3 Å². The highest BCUT2D eigenvalue weighted by atomic mass is 32.1. The van der Waals surface area contributed by atoms with Crippen LogP contribution in [0.1, 0.15) is 42.8 Å². The molecule has 0 radical (unpaired) electrons. The van der Waals surface area contributed by atoms with Crippen molar-refractivity contribution in [3.63, 3.8) is 0 Å². The molecule has 2 rings (SSSR count). The molecule has 0 saturated carbocycles. The quantitative estimate of drug-likeness (QED) is 0.867. The van der Waals surface area contributed by atoms with Gasteiger partial charge in [-0.3, -0.25) is 0 Å². The van der Waals surface area contributed by atoms with E-state index in [0.717, 1.165) is 17.9 Å². The second kappa shape index (κ2) is 7.26. The number of nitrogens with one attached hydrogen (secondary N) is 1. The van der Waals surface area contributed by atoms with Crippen LogP contribution in [0.25, 0.3) is 0 Å². The lowest BCUT2D eigenvalue weighted by atomic mass is 10.1. The molecule has 0 bridgehead atoms. The average Bonchev–Trinajstić information content (AvgIpc) is 2.92. The maximum atomic E-state index is 8.83. The summed E-state index contributed by atoms with van der Waals surface area (Å²) in [6.07, 6.45) is 0.180. The molecule has 0 aliphatic carbocycles. The van der Waals surface area contributed by atoms with Crippen molar-refractivity contribution in [2.75, 3.05) is 0 Å². The Kier molecular flexibility index (Phi) is 5.38. The van der Waals surface area contributed by atoms with E-state index in [1.165, 1.54) is 10.4 Å². The summed E-state index contributed by atoms with van der Waals surface area (Å²) in [4.78, 5) is 1.17. The molecule has 1 aromatic carbocycles. The SMILES string of the molecule is CC(C)Oc1cccc(C(C)NCc2cc(C#N)cs2)c1. The highest BCUT2D eigenvalue weighted by Gasteiger charge is 2.08. The summed E-state index contributed by atoms with van der Waals surface area (Å²) >= 11 is 1.61. The molecule has 0 amide bonds. The number of hydrogen-bond acceptors (Lipinski definition) is 4. The second-order valence-corrected chi connectivity index (χ2v) is 6.25. The van der Waals surface area contributed by atoms with Gasteiger partial charge >= 0.3 is 0 Å². The van der Waals surface area contributed by atoms with E-state index in [9.17, 15) is 0 Å². The fraction of sp³-hybridized carbons (Fsp3) is 0.353. The van der Waals surface area contributed by atoms with E-state index in [1.807, 2.05) is 37.4 Å². The summed E-state index contributed by atoms with van der Waals surface area (Å²) < 4.78 is 5.72. The number of benzene rings is 1. The average molecular weight is 300 g/mol. The molecule has 2 aromatic rings. The van der Waals surface area contributed by atoms with Crippen LogP contribution in [0.4, 0.5) is 0 Å². The van der Waals surface area contributed by atoms with Gasteiger partial charge in [0, 0.05) is 22.8 Å². The van der Waals surface area contributed by atoms with Crippen LogP contribution in [-0.2, 0) is 6.54 Å². The van der Waals surface area contributed by atoms with Gasteiger partial charge in [0.1, 0.15) is 11.8 Å². The van der Waals surface area contributed by atoms with E-state index in [2.05, 4.69) is 30.4 Å². The molecule has 0 aliphatic rings. The standard InChI is InChI=1S/C17H20N2OS/c1-12(2)20-16-6-4-5-15(8-16)13(3)19-10-17-7-14(9-18)11-21-17/h4-8,11-13,19H,10H2,1-3H3. The summed E-state index contributed by atoms with van der Waals surface area (Å²) in [5, 5.41) is 14.2. The number of ether oxygens (including phenoxy) is 1. The predicted octanol–water partition coefficient (Wildman–Crippen LogP) is 4.26. The van der Waals surface area contributed by atoms with Gasteiger partial charge in [-0.05, 0) is 44.5 Å². The lowest BCUT2D eigenvalue weighted by molar-refractivity contribution is 0.242. The van der Waals surface area contributed by atoms with Crippen LogP contribution < -0.4 is 10.1 Å². The van der Waals surface area contributed by atoms with Crippen molar-refractivity contribution in [3.8, 4) is 11.8 Å². The number of thiophene rings is 1. The summed E-state index contributed by atoms with van der Waals surface area (Å²) in [5.74, 6) is 0.902. The molecule has 1 N–H and O–H groups in total. The van der Waals surface area contributed by atoms with Crippen LogP contribution in [0, 0.1) is 11.3 Å². The molecule has 110 valence electrons. The van der Waals surface area contributed by atoms with Gasteiger partial charge in [-0.2, -0.15) is 5.26 Å². The molecule has 1 heterocycles. The molecular weight excluding hydrogens is 280 g/mol. The summed E-state index contributed by atoms with van der Waals surface area (Å²) in [7, 11) is 0. The van der Waals surface area contributed by atoms with Crippen molar-refractivity contribution in [3.05, 3.63) is 51.7 Å². The lowest BCUT2D eigenvalue weighted by Crippen LogP contribution is -2.17. The Labute approximate surface area is 130 Å². The Bertz CT molecular complexity index is 628. The number of rotatable bonds is 6. The van der Waals surface area contributed by atoms with Crippen LogP contribution in [0.5, 0.6) is 5.75 Å². The monoisotopic (exact) mass is 300 g/mol. The molecule has 0 saturated heterocycles. The third-order valence-electron chi connectivity index (χ3n) is 3.10. The van der Waals surface area contributed by atoms with E-state index in [-0.39, 0.29) is 12.1 Å². The smallest absolute Gasteiger partial charge is 0.120 e. The number of hydrogen-bond donors (Lipinski definition) is 1. The van der Waals surface area contributed by atoms with Crippen LogP contribution in [0.15, 0.2) is 35.7 Å². The van der Waals surface area contributed by atoms with Crippen molar-refractivity contribution in [1.29, 1.82) is 5.26 Å². The molecule has 3 nitrogen and oxygen atoms in total. The van der Waals surface area contributed by atoms with E-state index >= 15 is 0 Å².